The molecule has 0 bridgehead atoms. The van der Waals surface area contributed by atoms with Crippen LogP contribution in [-0.2, 0) is 40.5 Å². The summed E-state index contributed by atoms with van der Waals surface area (Å²) in [4.78, 5) is 3.99. The van der Waals surface area contributed by atoms with Gasteiger partial charge in [-0.3, -0.25) is 4.90 Å². The summed E-state index contributed by atoms with van der Waals surface area (Å²) in [5, 5.41) is 2.97. The lowest BCUT2D eigenvalue weighted by atomic mass is 9.93. The molecular formula is C34H38BrNO3S. The molecule has 0 spiro atoms. The van der Waals surface area contributed by atoms with Crippen LogP contribution in [-0.4, -0.2) is 47.7 Å². The maximum atomic E-state index is 6.76. The van der Waals surface area contributed by atoms with Crippen LogP contribution >= 0.6 is 27.3 Å². The summed E-state index contributed by atoms with van der Waals surface area (Å²) in [5.74, 6) is 0. The van der Waals surface area contributed by atoms with Gasteiger partial charge in [-0.2, -0.15) is 0 Å². The Bertz CT molecular complexity index is 1230. The van der Waals surface area contributed by atoms with E-state index in [9.17, 15) is 0 Å². The van der Waals surface area contributed by atoms with E-state index in [2.05, 4.69) is 111 Å². The molecule has 4 atom stereocenters. The zero-order chi connectivity index (χ0) is 27.4. The SMILES string of the molecule is BrC[C@@H]1[C@@H](OCc2ccccc2)[C@H](OCc2ccccc2)[C@@H](OCc2ccccc2)CN1CCCc1cccs1. The minimum Gasteiger partial charge on any atom is -0.369 e. The molecule has 4 nitrogen and oxygen atoms in total. The number of piperidine rings is 1. The molecule has 40 heavy (non-hydrogen) atoms. The van der Waals surface area contributed by atoms with Gasteiger partial charge in [0.05, 0.1) is 25.9 Å². The van der Waals surface area contributed by atoms with Crippen LogP contribution in [0.3, 0.4) is 0 Å². The minimum atomic E-state index is -0.205. The van der Waals surface area contributed by atoms with Crippen molar-refractivity contribution in [3.8, 4) is 0 Å². The zero-order valence-corrected chi connectivity index (χ0v) is 25.2. The first kappa shape index (κ1) is 29.2. The Hall–Kier alpha value is -2.32. The fraction of sp³-hybridized carbons (Fsp3) is 0.353. The third kappa shape index (κ3) is 8.35. The van der Waals surface area contributed by atoms with Crippen LogP contribution in [0.2, 0.25) is 0 Å². The quantitative estimate of drug-likeness (QED) is 0.137. The summed E-state index contributed by atoms with van der Waals surface area (Å²) >= 11 is 5.69. The van der Waals surface area contributed by atoms with Gasteiger partial charge < -0.3 is 14.2 Å². The summed E-state index contributed by atoms with van der Waals surface area (Å²) in [6.07, 6.45) is 1.70. The molecular weight excluding hydrogens is 582 g/mol. The van der Waals surface area contributed by atoms with E-state index in [1.54, 1.807) is 0 Å². The lowest BCUT2D eigenvalue weighted by molar-refractivity contribution is -0.199. The van der Waals surface area contributed by atoms with Crippen molar-refractivity contribution in [2.45, 2.75) is 57.0 Å². The molecule has 1 aliphatic heterocycles. The van der Waals surface area contributed by atoms with Crippen LogP contribution in [0.1, 0.15) is 28.0 Å². The smallest absolute Gasteiger partial charge is 0.113 e. The molecule has 4 aromatic rings. The highest BCUT2D eigenvalue weighted by atomic mass is 79.9. The van der Waals surface area contributed by atoms with Crippen molar-refractivity contribution >= 4 is 27.3 Å². The summed E-state index contributed by atoms with van der Waals surface area (Å²) in [7, 11) is 0. The Kier molecular flexibility index (Phi) is 11.4. The number of benzene rings is 3. The molecule has 3 aromatic carbocycles. The zero-order valence-electron chi connectivity index (χ0n) is 22.8. The highest BCUT2D eigenvalue weighted by molar-refractivity contribution is 9.09. The Labute approximate surface area is 251 Å². The molecule has 210 valence electrons. The van der Waals surface area contributed by atoms with Gasteiger partial charge in [0.2, 0.25) is 0 Å². The molecule has 0 unspecified atom stereocenters. The van der Waals surface area contributed by atoms with E-state index >= 15 is 0 Å². The van der Waals surface area contributed by atoms with E-state index in [1.807, 2.05) is 29.5 Å². The molecule has 1 fully saturated rings. The van der Waals surface area contributed by atoms with Crippen molar-refractivity contribution in [2.75, 3.05) is 18.4 Å². The minimum absolute atomic E-state index is 0.123. The number of hydrogen-bond donors (Lipinski definition) is 0. The number of rotatable bonds is 14. The first-order valence-electron chi connectivity index (χ1n) is 14.1. The van der Waals surface area contributed by atoms with E-state index < -0.39 is 0 Å². The van der Waals surface area contributed by atoms with E-state index in [-0.39, 0.29) is 24.4 Å². The van der Waals surface area contributed by atoms with Gasteiger partial charge in [-0.15, -0.1) is 11.3 Å². The second-order valence-corrected chi connectivity index (χ2v) is 11.9. The standard InChI is InChI=1S/C34H38BrNO3S/c35-22-31-33(38-25-28-14-6-2-7-15-28)34(39-26-29-16-8-3-9-17-29)32(37-24-27-12-4-1-5-13-27)23-36(31)20-10-18-30-19-11-21-40-30/h1-9,11-17,19,21,31-34H,10,18,20,22-26H2/t31-,32+,33-,34-/m1/s1. The number of thiophene rings is 1. The Morgan fingerprint density at radius 3 is 1.75 bits per heavy atom. The molecule has 0 aliphatic carbocycles. The Morgan fingerprint density at radius 2 is 1.23 bits per heavy atom. The fourth-order valence-corrected chi connectivity index (χ4v) is 6.86. The van der Waals surface area contributed by atoms with Gasteiger partial charge in [0.15, 0.2) is 0 Å². The van der Waals surface area contributed by atoms with Crippen LogP contribution in [0.25, 0.3) is 0 Å². The van der Waals surface area contributed by atoms with Gasteiger partial charge >= 0.3 is 0 Å². The van der Waals surface area contributed by atoms with Crippen LogP contribution in [0.4, 0.5) is 0 Å². The van der Waals surface area contributed by atoms with E-state index in [4.69, 9.17) is 14.2 Å². The second-order valence-electron chi connectivity index (χ2n) is 10.3. The largest absolute Gasteiger partial charge is 0.369 e. The van der Waals surface area contributed by atoms with Crippen LogP contribution in [0.5, 0.6) is 0 Å². The molecule has 1 aliphatic rings. The summed E-state index contributed by atoms with van der Waals surface area (Å²) in [6.45, 7) is 3.39. The molecule has 0 radical (unpaired) electrons. The van der Waals surface area contributed by atoms with Crippen molar-refractivity contribution in [1.29, 1.82) is 0 Å². The van der Waals surface area contributed by atoms with Gasteiger partial charge in [-0.05, 0) is 47.5 Å². The number of aryl methyl sites for hydroxylation is 1. The highest BCUT2D eigenvalue weighted by Crippen LogP contribution is 2.30. The van der Waals surface area contributed by atoms with Gasteiger partial charge in [0.1, 0.15) is 12.2 Å². The predicted molar refractivity (Wildman–Crippen MR) is 167 cm³/mol. The normalized spacial score (nSPS) is 21.4. The Morgan fingerprint density at radius 1 is 0.675 bits per heavy atom. The van der Waals surface area contributed by atoms with E-state index in [0.29, 0.717) is 19.8 Å². The summed E-state index contributed by atoms with van der Waals surface area (Å²) in [6, 6.07) is 35.7. The van der Waals surface area contributed by atoms with Crippen molar-refractivity contribution in [3.63, 3.8) is 0 Å². The van der Waals surface area contributed by atoms with E-state index in [0.717, 1.165) is 48.0 Å². The number of hydrogen-bond acceptors (Lipinski definition) is 5. The molecule has 5 rings (SSSR count). The van der Waals surface area contributed by atoms with Crippen molar-refractivity contribution in [1.82, 2.24) is 4.90 Å². The number of alkyl halides is 1. The summed E-state index contributed by atoms with van der Waals surface area (Å²) in [5.41, 5.74) is 3.48. The lowest BCUT2D eigenvalue weighted by Crippen LogP contribution is -2.64. The van der Waals surface area contributed by atoms with Crippen LogP contribution in [0.15, 0.2) is 109 Å². The van der Waals surface area contributed by atoms with Gasteiger partial charge in [-0.1, -0.05) is 113 Å². The third-order valence-electron chi connectivity index (χ3n) is 7.44. The van der Waals surface area contributed by atoms with E-state index in [1.165, 1.54) is 4.88 Å². The van der Waals surface area contributed by atoms with Crippen LogP contribution < -0.4 is 0 Å². The van der Waals surface area contributed by atoms with Crippen molar-refractivity contribution in [2.24, 2.45) is 0 Å². The van der Waals surface area contributed by atoms with Gasteiger partial charge in [0.25, 0.3) is 0 Å². The van der Waals surface area contributed by atoms with Crippen LogP contribution in [0, 0.1) is 0 Å². The topological polar surface area (TPSA) is 30.9 Å². The average molecular weight is 621 g/mol. The lowest BCUT2D eigenvalue weighted by Gasteiger charge is -2.48. The molecule has 1 aromatic heterocycles. The third-order valence-corrected chi connectivity index (χ3v) is 9.04. The first-order valence-corrected chi connectivity index (χ1v) is 16.1. The average Bonchev–Trinajstić information content (AvgIpc) is 3.53. The number of halogens is 1. The Balaban J connectivity index is 1.37. The molecule has 0 saturated carbocycles. The molecule has 2 heterocycles. The highest BCUT2D eigenvalue weighted by Gasteiger charge is 2.45. The molecule has 0 N–H and O–H groups in total. The summed E-state index contributed by atoms with van der Waals surface area (Å²) < 4.78 is 20.2. The monoisotopic (exact) mass is 619 g/mol. The number of nitrogens with zero attached hydrogens (tertiary/aromatic N) is 1. The fourth-order valence-electron chi connectivity index (χ4n) is 5.33. The molecule has 1 saturated heterocycles. The maximum Gasteiger partial charge on any atom is 0.113 e. The van der Waals surface area contributed by atoms with Crippen molar-refractivity contribution < 1.29 is 14.2 Å². The molecule has 0 amide bonds. The second kappa shape index (κ2) is 15.6. The van der Waals surface area contributed by atoms with Crippen molar-refractivity contribution in [3.05, 3.63) is 130 Å². The van der Waals surface area contributed by atoms with Gasteiger partial charge in [0, 0.05) is 22.8 Å². The first-order chi connectivity index (χ1) is 19.8. The number of ether oxygens (including phenoxy) is 3. The maximum absolute atomic E-state index is 6.76. The molecule has 6 heteroatoms. The number of likely N-dealkylation sites (tertiary alicyclic amines) is 1. The van der Waals surface area contributed by atoms with Gasteiger partial charge in [-0.25, -0.2) is 0 Å². The predicted octanol–water partition coefficient (Wildman–Crippen LogP) is 7.52.